The smallest absolute Gasteiger partial charge is 0.416 e. The van der Waals surface area contributed by atoms with Crippen molar-refractivity contribution in [3.05, 3.63) is 35.5 Å². The highest BCUT2D eigenvalue weighted by Gasteiger charge is 2.30. The summed E-state index contributed by atoms with van der Waals surface area (Å²) in [6.45, 7) is 6.15. The fraction of sp³-hybridized carbons (Fsp3) is 0.474. The van der Waals surface area contributed by atoms with E-state index in [1.165, 1.54) is 19.2 Å². The first-order chi connectivity index (χ1) is 12.3. The number of anilines is 1. The monoisotopic (exact) mass is 367 g/mol. The van der Waals surface area contributed by atoms with Crippen molar-refractivity contribution in [1.82, 2.24) is 9.97 Å². The zero-order chi connectivity index (χ0) is 19.3. The number of nitrogens with one attached hydrogen (secondary N) is 1. The van der Waals surface area contributed by atoms with Crippen LogP contribution in [-0.4, -0.2) is 23.1 Å². The number of rotatable bonds is 7. The first kappa shape index (κ1) is 20.0. The Hall–Kier alpha value is -2.31. The molecule has 1 aromatic heterocycles. The van der Waals surface area contributed by atoms with E-state index in [1.54, 1.807) is 0 Å². The van der Waals surface area contributed by atoms with Crippen molar-refractivity contribution in [3.8, 4) is 17.1 Å². The molecule has 0 aliphatic carbocycles. The maximum absolute atomic E-state index is 12.8. The molecule has 0 amide bonds. The number of ether oxygens (including phenoxy) is 1. The second kappa shape index (κ2) is 8.38. The molecule has 4 nitrogen and oxygen atoms in total. The van der Waals surface area contributed by atoms with Crippen molar-refractivity contribution >= 4 is 5.82 Å². The Labute approximate surface area is 151 Å². The van der Waals surface area contributed by atoms with Gasteiger partial charge in [-0.05, 0) is 31.4 Å². The van der Waals surface area contributed by atoms with Crippen LogP contribution in [0.2, 0.25) is 0 Å². The highest BCUT2D eigenvalue weighted by molar-refractivity contribution is 5.67. The van der Waals surface area contributed by atoms with Gasteiger partial charge in [-0.1, -0.05) is 32.9 Å². The number of methoxy groups -OCH3 is 1. The molecule has 0 aliphatic heterocycles. The van der Waals surface area contributed by atoms with Crippen molar-refractivity contribution in [2.75, 3.05) is 12.4 Å². The summed E-state index contributed by atoms with van der Waals surface area (Å²) in [4.78, 5) is 9.14. The molecule has 1 aromatic carbocycles. The molecular formula is C19H24F3N3O. The lowest BCUT2D eigenvalue weighted by atomic mass is 10.1. The maximum atomic E-state index is 12.8. The number of alkyl halides is 3. The van der Waals surface area contributed by atoms with E-state index < -0.39 is 11.7 Å². The van der Waals surface area contributed by atoms with Crippen LogP contribution >= 0.6 is 0 Å². The Balaban J connectivity index is 2.45. The molecule has 7 heteroatoms. The molecule has 142 valence electrons. The molecular weight excluding hydrogens is 343 g/mol. The van der Waals surface area contributed by atoms with E-state index in [1.807, 2.05) is 6.92 Å². The molecule has 1 heterocycles. The van der Waals surface area contributed by atoms with Gasteiger partial charge in [0, 0.05) is 11.6 Å². The fourth-order valence-electron chi connectivity index (χ4n) is 2.65. The Morgan fingerprint density at radius 1 is 1.04 bits per heavy atom. The summed E-state index contributed by atoms with van der Waals surface area (Å²) in [5.41, 5.74) is 1.03. The molecule has 0 radical (unpaired) electrons. The van der Waals surface area contributed by atoms with E-state index in [4.69, 9.17) is 4.74 Å². The largest absolute Gasteiger partial charge is 0.479 e. The van der Waals surface area contributed by atoms with E-state index in [-0.39, 0.29) is 11.9 Å². The molecule has 1 N–H and O–H groups in total. The SMILES string of the molecule is CCc1nc(-c2ccc(C(F)(F)F)cc2)c(OC)nc1NC(CC)CC. The van der Waals surface area contributed by atoms with Crippen LogP contribution < -0.4 is 10.1 Å². The van der Waals surface area contributed by atoms with Gasteiger partial charge in [-0.25, -0.2) is 4.98 Å². The minimum Gasteiger partial charge on any atom is -0.479 e. The number of halogens is 3. The first-order valence-corrected chi connectivity index (χ1v) is 8.73. The van der Waals surface area contributed by atoms with E-state index in [0.29, 0.717) is 23.5 Å². The van der Waals surface area contributed by atoms with Gasteiger partial charge >= 0.3 is 6.18 Å². The van der Waals surface area contributed by atoms with Gasteiger partial charge in [-0.3, -0.25) is 0 Å². The second-order valence-corrected chi connectivity index (χ2v) is 5.96. The summed E-state index contributed by atoms with van der Waals surface area (Å²) < 4.78 is 43.7. The average molecular weight is 367 g/mol. The number of hydrogen-bond donors (Lipinski definition) is 1. The van der Waals surface area contributed by atoms with Gasteiger partial charge in [0.15, 0.2) is 5.82 Å². The van der Waals surface area contributed by atoms with Crippen molar-refractivity contribution < 1.29 is 17.9 Å². The number of hydrogen-bond acceptors (Lipinski definition) is 4. The molecule has 2 rings (SSSR count). The van der Waals surface area contributed by atoms with E-state index in [9.17, 15) is 13.2 Å². The van der Waals surface area contributed by atoms with Gasteiger partial charge in [-0.2, -0.15) is 18.2 Å². The third-order valence-electron chi connectivity index (χ3n) is 4.28. The van der Waals surface area contributed by atoms with E-state index in [2.05, 4.69) is 29.1 Å². The molecule has 0 saturated heterocycles. The summed E-state index contributed by atoms with van der Waals surface area (Å²) in [5.74, 6) is 0.948. The van der Waals surface area contributed by atoms with Crippen molar-refractivity contribution in [2.24, 2.45) is 0 Å². The quantitative estimate of drug-likeness (QED) is 0.718. The first-order valence-electron chi connectivity index (χ1n) is 8.73. The fourth-order valence-corrected chi connectivity index (χ4v) is 2.65. The van der Waals surface area contributed by atoms with E-state index >= 15 is 0 Å². The third-order valence-corrected chi connectivity index (χ3v) is 4.28. The summed E-state index contributed by atoms with van der Waals surface area (Å²) in [7, 11) is 1.48. The number of nitrogens with zero attached hydrogens (tertiary/aromatic N) is 2. The van der Waals surface area contributed by atoms with Crippen LogP contribution in [0.5, 0.6) is 5.88 Å². The average Bonchev–Trinajstić information content (AvgIpc) is 2.64. The normalized spacial score (nSPS) is 11.7. The predicted molar refractivity (Wildman–Crippen MR) is 96.4 cm³/mol. The summed E-state index contributed by atoms with van der Waals surface area (Å²) in [5, 5.41) is 3.38. The van der Waals surface area contributed by atoms with Gasteiger partial charge in [0.1, 0.15) is 5.69 Å². The summed E-state index contributed by atoms with van der Waals surface area (Å²) in [6, 6.07) is 5.14. The molecule has 26 heavy (non-hydrogen) atoms. The lowest BCUT2D eigenvalue weighted by Gasteiger charge is -2.19. The van der Waals surface area contributed by atoms with Gasteiger partial charge in [0.25, 0.3) is 0 Å². The minimum absolute atomic E-state index is 0.274. The van der Waals surface area contributed by atoms with Crippen LogP contribution in [0, 0.1) is 0 Å². The molecule has 0 bridgehead atoms. The highest BCUT2D eigenvalue weighted by atomic mass is 19.4. The highest BCUT2D eigenvalue weighted by Crippen LogP contribution is 2.33. The molecule has 0 unspecified atom stereocenters. The lowest BCUT2D eigenvalue weighted by molar-refractivity contribution is -0.137. The second-order valence-electron chi connectivity index (χ2n) is 5.96. The Bertz CT molecular complexity index is 726. The summed E-state index contributed by atoms with van der Waals surface area (Å²) >= 11 is 0. The molecule has 2 aromatic rings. The van der Waals surface area contributed by atoms with E-state index in [0.717, 1.165) is 30.7 Å². The molecule has 0 aliphatic rings. The van der Waals surface area contributed by atoms with Crippen LogP contribution in [-0.2, 0) is 12.6 Å². The van der Waals surface area contributed by atoms with Crippen molar-refractivity contribution in [1.29, 1.82) is 0 Å². The Morgan fingerprint density at radius 3 is 2.12 bits per heavy atom. The third kappa shape index (κ3) is 4.45. The molecule has 0 saturated carbocycles. The van der Waals surface area contributed by atoms with Gasteiger partial charge < -0.3 is 10.1 Å². The molecule has 0 atom stereocenters. The lowest BCUT2D eigenvalue weighted by Crippen LogP contribution is -2.20. The number of aromatic nitrogens is 2. The standard InChI is InChI=1S/C19H24F3N3O/c1-5-14(6-2)23-17-15(7-3)24-16(18(25-17)26-4)12-8-10-13(11-9-12)19(20,21)22/h8-11,14H,5-7H2,1-4H3,(H,23,25). The zero-order valence-electron chi connectivity index (χ0n) is 15.4. The number of aryl methyl sites for hydroxylation is 1. The molecule has 0 fully saturated rings. The van der Waals surface area contributed by atoms with Gasteiger partial charge in [0.05, 0.1) is 18.4 Å². The Kier molecular flexibility index (Phi) is 6.45. The van der Waals surface area contributed by atoms with Crippen LogP contribution in [0.3, 0.4) is 0 Å². The van der Waals surface area contributed by atoms with Crippen molar-refractivity contribution in [2.45, 2.75) is 52.3 Å². The van der Waals surface area contributed by atoms with Crippen molar-refractivity contribution in [3.63, 3.8) is 0 Å². The topological polar surface area (TPSA) is 47.0 Å². The van der Waals surface area contributed by atoms with Gasteiger partial charge in [0.2, 0.25) is 5.88 Å². The Morgan fingerprint density at radius 2 is 1.65 bits per heavy atom. The zero-order valence-corrected chi connectivity index (χ0v) is 15.4. The van der Waals surface area contributed by atoms with Crippen LogP contribution in [0.1, 0.15) is 44.9 Å². The predicted octanol–water partition coefficient (Wildman–Crippen LogP) is 5.33. The van der Waals surface area contributed by atoms with Crippen LogP contribution in [0.4, 0.5) is 19.0 Å². The summed E-state index contributed by atoms with van der Waals surface area (Å²) in [6.07, 6.45) is -1.83. The number of benzene rings is 1. The van der Waals surface area contributed by atoms with Gasteiger partial charge in [-0.15, -0.1) is 0 Å². The maximum Gasteiger partial charge on any atom is 0.416 e. The van der Waals surface area contributed by atoms with Crippen LogP contribution in [0.25, 0.3) is 11.3 Å². The minimum atomic E-state index is -4.37. The van der Waals surface area contributed by atoms with Crippen LogP contribution in [0.15, 0.2) is 24.3 Å². The molecule has 0 spiro atoms.